The molecule has 3 rings (SSSR count). The molecule has 0 fully saturated rings. The third kappa shape index (κ3) is 3.84. The van der Waals surface area contributed by atoms with Gasteiger partial charge in [0, 0.05) is 17.5 Å². The minimum Gasteiger partial charge on any atom is -0.477 e. The standard InChI is InChI=1S/C15H14Cl2N4O4S/c1-8-9-6-7-25-13(9)19-14(18-8)20-15(22)21-26(23,24)11-5-3-2-4-10(11)12(16)17/h2-5,12H,6-7H2,1H3,(H2,18,19,20,21,22). The number of benzene rings is 1. The van der Waals surface area contributed by atoms with Gasteiger partial charge in [0.25, 0.3) is 10.0 Å². The van der Waals surface area contributed by atoms with Gasteiger partial charge >= 0.3 is 6.03 Å². The van der Waals surface area contributed by atoms with Crippen molar-refractivity contribution < 1.29 is 17.9 Å². The van der Waals surface area contributed by atoms with Gasteiger partial charge in [0.1, 0.15) is 4.84 Å². The zero-order chi connectivity index (χ0) is 18.9. The van der Waals surface area contributed by atoms with Crippen LogP contribution >= 0.6 is 23.2 Å². The van der Waals surface area contributed by atoms with Crippen molar-refractivity contribution >= 4 is 45.2 Å². The van der Waals surface area contributed by atoms with E-state index in [1.807, 2.05) is 4.72 Å². The SMILES string of the molecule is Cc1nc(NC(=O)NS(=O)(=O)c2ccccc2C(Cl)Cl)nc2c1CCO2. The highest BCUT2D eigenvalue weighted by Crippen LogP contribution is 2.30. The highest BCUT2D eigenvalue weighted by atomic mass is 35.5. The Balaban J connectivity index is 1.79. The van der Waals surface area contributed by atoms with E-state index in [0.717, 1.165) is 5.56 Å². The number of carbonyl (C=O) groups excluding carboxylic acids is 1. The first-order valence-electron chi connectivity index (χ1n) is 7.49. The fraction of sp³-hybridized carbons (Fsp3) is 0.267. The summed E-state index contributed by atoms with van der Waals surface area (Å²) >= 11 is 11.6. The van der Waals surface area contributed by atoms with Crippen molar-refractivity contribution in [1.82, 2.24) is 14.7 Å². The molecule has 0 spiro atoms. The quantitative estimate of drug-likeness (QED) is 0.741. The summed E-state index contributed by atoms with van der Waals surface area (Å²) in [5.41, 5.74) is 1.69. The number of rotatable bonds is 4. The number of urea groups is 1. The van der Waals surface area contributed by atoms with Gasteiger partial charge in [0.2, 0.25) is 11.8 Å². The maximum atomic E-state index is 12.5. The number of anilines is 1. The molecule has 2 N–H and O–H groups in total. The van der Waals surface area contributed by atoms with Crippen molar-refractivity contribution in [2.45, 2.75) is 23.1 Å². The third-order valence-electron chi connectivity index (χ3n) is 3.66. The Kier molecular flexibility index (Phi) is 5.22. The number of aromatic nitrogens is 2. The van der Waals surface area contributed by atoms with Crippen molar-refractivity contribution in [1.29, 1.82) is 0 Å². The van der Waals surface area contributed by atoms with Crippen LogP contribution in [0.4, 0.5) is 10.7 Å². The molecule has 0 atom stereocenters. The van der Waals surface area contributed by atoms with E-state index in [0.29, 0.717) is 24.6 Å². The Morgan fingerprint density at radius 3 is 2.73 bits per heavy atom. The van der Waals surface area contributed by atoms with Crippen molar-refractivity contribution in [3.63, 3.8) is 0 Å². The van der Waals surface area contributed by atoms with Gasteiger partial charge in [-0.2, -0.15) is 4.98 Å². The van der Waals surface area contributed by atoms with Gasteiger partial charge in [0.05, 0.1) is 17.2 Å². The first-order valence-corrected chi connectivity index (χ1v) is 9.84. The molecule has 2 aromatic rings. The van der Waals surface area contributed by atoms with Gasteiger partial charge in [-0.1, -0.05) is 18.2 Å². The number of amides is 2. The summed E-state index contributed by atoms with van der Waals surface area (Å²) in [7, 11) is -4.19. The molecule has 2 heterocycles. The summed E-state index contributed by atoms with van der Waals surface area (Å²) in [6.07, 6.45) is 0.691. The molecule has 138 valence electrons. The summed E-state index contributed by atoms with van der Waals surface area (Å²) in [6.45, 7) is 2.25. The molecule has 8 nitrogen and oxygen atoms in total. The Labute approximate surface area is 159 Å². The number of hydrogen-bond donors (Lipinski definition) is 2. The predicted octanol–water partition coefficient (Wildman–Crippen LogP) is 2.71. The number of sulfonamides is 1. The van der Waals surface area contributed by atoms with E-state index in [1.165, 1.54) is 18.2 Å². The van der Waals surface area contributed by atoms with E-state index >= 15 is 0 Å². The predicted molar refractivity (Wildman–Crippen MR) is 96.2 cm³/mol. The summed E-state index contributed by atoms with van der Waals surface area (Å²) in [5.74, 6) is 0.324. The number of carbonyl (C=O) groups is 1. The average molecular weight is 417 g/mol. The number of nitrogens with one attached hydrogen (secondary N) is 2. The second kappa shape index (κ2) is 7.26. The number of aryl methyl sites for hydroxylation is 1. The molecule has 0 bridgehead atoms. The minimum atomic E-state index is -4.19. The zero-order valence-electron chi connectivity index (χ0n) is 13.5. The molecule has 1 aliphatic rings. The lowest BCUT2D eigenvalue weighted by Crippen LogP contribution is -2.35. The number of hydrogen-bond acceptors (Lipinski definition) is 6. The maximum Gasteiger partial charge on any atom is 0.335 e. The van der Waals surface area contributed by atoms with E-state index in [2.05, 4.69) is 15.3 Å². The van der Waals surface area contributed by atoms with Gasteiger partial charge in [-0.05, 0) is 13.0 Å². The van der Waals surface area contributed by atoms with Crippen LogP contribution in [0.3, 0.4) is 0 Å². The van der Waals surface area contributed by atoms with Crippen molar-refractivity contribution in [3.05, 3.63) is 41.1 Å². The van der Waals surface area contributed by atoms with E-state index < -0.39 is 20.9 Å². The van der Waals surface area contributed by atoms with E-state index in [9.17, 15) is 13.2 Å². The molecule has 0 radical (unpaired) electrons. The minimum absolute atomic E-state index is 0.0586. The fourth-order valence-electron chi connectivity index (χ4n) is 2.49. The zero-order valence-corrected chi connectivity index (χ0v) is 15.8. The summed E-state index contributed by atoms with van der Waals surface area (Å²) in [5, 5.41) is 2.29. The number of alkyl halides is 2. The lowest BCUT2D eigenvalue weighted by molar-refractivity contribution is 0.256. The van der Waals surface area contributed by atoms with E-state index in [-0.39, 0.29) is 16.4 Å². The van der Waals surface area contributed by atoms with E-state index in [4.69, 9.17) is 27.9 Å². The van der Waals surface area contributed by atoms with Gasteiger partial charge < -0.3 is 4.74 Å². The topological polar surface area (TPSA) is 110 Å². The van der Waals surface area contributed by atoms with Crippen molar-refractivity contribution in [2.24, 2.45) is 0 Å². The average Bonchev–Trinajstić information content (AvgIpc) is 3.03. The number of fused-ring (bicyclic) bond motifs is 1. The second-order valence-electron chi connectivity index (χ2n) is 5.41. The first kappa shape index (κ1) is 18.7. The molecular weight excluding hydrogens is 403 g/mol. The molecule has 0 unspecified atom stereocenters. The molecule has 1 aromatic heterocycles. The molecule has 1 aliphatic heterocycles. The van der Waals surface area contributed by atoms with Crippen LogP contribution < -0.4 is 14.8 Å². The fourth-order valence-corrected chi connectivity index (χ4v) is 4.16. The lowest BCUT2D eigenvalue weighted by atomic mass is 10.2. The van der Waals surface area contributed by atoms with Crippen LogP contribution in [-0.4, -0.2) is 31.0 Å². The molecule has 0 saturated carbocycles. The molecule has 2 amide bonds. The van der Waals surface area contributed by atoms with Crippen LogP contribution in [0, 0.1) is 6.92 Å². The van der Waals surface area contributed by atoms with Crippen molar-refractivity contribution in [3.8, 4) is 5.88 Å². The lowest BCUT2D eigenvalue weighted by Gasteiger charge is -2.12. The maximum absolute atomic E-state index is 12.5. The largest absolute Gasteiger partial charge is 0.477 e. The summed E-state index contributed by atoms with van der Waals surface area (Å²) < 4.78 is 32.1. The summed E-state index contributed by atoms with van der Waals surface area (Å²) in [4.78, 5) is 19.0. The van der Waals surface area contributed by atoms with Gasteiger partial charge in [-0.15, -0.1) is 23.2 Å². The Hall–Kier alpha value is -2.10. The van der Waals surface area contributed by atoms with Gasteiger partial charge in [-0.3, -0.25) is 5.32 Å². The highest BCUT2D eigenvalue weighted by molar-refractivity contribution is 7.90. The molecule has 26 heavy (non-hydrogen) atoms. The number of nitrogens with zero attached hydrogens (tertiary/aromatic N) is 2. The highest BCUT2D eigenvalue weighted by Gasteiger charge is 2.25. The van der Waals surface area contributed by atoms with Crippen molar-refractivity contribution in [2.75, 3.05) is 11.9 Å². The first-order chi connectivity index (χ1) is 12.3. The normalized spacial score (nSPS) is 13.2. The Morgan fingerprint density at radius 1 is 1.27 bits per heavy atom. The second-order valence-corrected chi connectivity index (χ2v) is 8.16. The summed E-state index contributed by atoms with van der Waals surface area (Å²) in [6, 6.07) is 4.83. The van der Waals surface area contributed by atoms with Crippen LogP contribution in [0.25, 0.3) is 0 Å². The Bertz CT molecular complexity index is 966. The Morgan fingerprint density at radius 2 is 2.00 bits per heavy atom. The van der Waals surface area contributed by atoms with Crippen LogP contribution in [0.1, 0.15) is 21.7 Å². The van der Waals surface area contributed by atoms with Crippen LogP contribution in [0.15, 0.2) is 29.2 Å². The molecule has 11 heteroatoms. The van der Waals surface area contributed by atoms with Crippen LogP contribution in [-0.2, 0) is 16.4 Å². The van der Waals surface area contributed by atoms with Crippen LogP contribution in [0.5, 0.6) is 5.88 Å². The molecule has 0 aliphatic carbocycles. The van der Waals surface area contributed by atoms with Gasteiger partial charge in [-0.25, -0.2) is 22.9 Å². The monoisotopic (exact) mass is 416 g/mol. The number of ether oxygens (including phenoxy) is 1. The molecular formula is C15H14Cl2N4O4S. The number of halogens is 2. The van der Waals surface area contributed by atoms with E-state index in [1.54, 1.807) is 13.0 Å². The molecule has 1 aromatic carbocycles. The third-order valence-corrected chi connectivity index (χ3v) is 5.54. The smallest absolute Gasteiger partial charge is 0.335 e. The molecule has 0 saturated heterocycles. The van der Waals surface area contributed by atoms with Gasteiger partial charge in [0.15, 0.2) is 0 Å². The van der Waals surface area contributed by atoms with Crippen LogP contribution in [0.2, 0.25) is 0 Å².